The topological polar surface area (TPSA) is 42.7 Å². The van der Waals surface area contributed by atoms with Gasteiger partial charge in [0, 0.05) is 13.0 Å². The number of hydrogen-bond acceptors (Lipinski definition) is 3. The standard InChI is InChI=1S/C6H10N4/c1-5-8-9-6-2-3-7-4-10(5)6/h7H,2-4H2,1H3. The molecule has 2 heterocycles. The van der Waals surface area contributed by atoms with Crippen molar-refractivity contribution in [1.82, 2.24) is 20.1 Å². The van der Waals surface area contributed by atoms with Gasteiger partial charge in [0.25, 0.3) is 0 Å². The first-order valence-electron chi connectivity index (χ1n) is 3.47. The molecule has 0 amide bonds. The summed E-state index contributed by atoms with van der Waals surface area (Å²) in [4.78, 5) is 0. The third kappa shape index (κ3) is 0.724. The molecule has 1 aromatic heterocycles. The second kappa shape index (κ2) is 2.05. The summed E-state index contributed by atoms with van der Waals surface area (Å²) in [6.07, 6.45) is 1.00. The Kier molecular flexibility index (Phi) is 1.20. The summed E-state index contributed by atoms with van der Waals surface area (Å²) in [6, 6.07) is 0. The quantitative estimate of drug-likeness (QED) is 0.534. The molecule has 1 aliphatic heterocycles. The largest absolute Gasteiger partial charge is 0.302 e. The lowest BCUT2D eigenvalue weighted by Crippen LogP contribution is -2.29. The molecule has 0 bridgehead atoms. The molecule has 4 heteroatoms. The molecule has 54 valence electrons. The Labute approximate surface area is 59.3 Å². The van der Waals surface area contributed by atoms with Crippen LogP contribution >= 0.6 is 0 Å². The van der Waals surface area contributed by atoms with Crippen LogP contribution in [0.5, 0.6) is 0 Å². The van der Waals surface area contributed by atoms with Crippen LogP contribution in [-0.4, -0.2) is 21.3 Å². The summed E-state index contributed by atoms with van der Waals surface area (Å²) in [7, 11) is 0. The number of fused-ring (bicyclic) bond motifs is 1. The number of hydrogen-bond donors (Lipinski definition) is 1. The Morgan fingerprint density at radius 2 is 2.40 bits per heavy atom. The fraction of sp³-hybridized carbons (Fsp3) is 0.667. The van der Waals surface area contributed by atoms with Gasteiger partial charge in [-0.25, -0.2) is 0 Å². The summed E-state index contributed by atoms with van der Waals surface area (Å²) < 4.78 is 2.10. The van der Waals surface area contributed by atoms with Crippen LogP contribution in [0.2, 0.25) is 0 Å². The second-order valence-corrected chi connectivity index (χ2v) is 2.50. The molecule has 0 aromatic carbocycles. The number of nitrogens with zero attached hydrogens (tertiary/aromatic N) is 3. The predicted octanol–water partition coefficient (Wildman–Crippen LogP) is -0.310. The number of aryl methyl sites for hydroxylation is 1. The molecule has 0 atom stereocenters. The Hall–Kier alpha value is -0.900. The van der Waals surface area contributed by atoms with Gasteiger partial charge in [0.2, 0.25) is 0 Å². The van der Waals surface area contributed by atoms with Gasteiger partial charge in [0.1, 0.15) is 11.6 Å². The summed E-state index contributed by atoms with van der Waals surface area (Å²) in [5.41, 5.74) is 0. The van der Waals surface area contributed by atoms with Crippen molar-refractivity contribution in [3.8, 4) is 0 Å². The van der Waals surface area contributed by atoms with E-state index in [0.29, 0.717) is 0 Å². The maximum Gasteiger partial charge on any atom is 0.135 e. The lowest BCUT2D eigenvalue weighted by molar-refractivity contribution is 0.479. The van der Waals surface area contributed by atoms with Crippen LogP contribution in [0.1, 0.15) is 11.6 Å². The zero-order valence-electron chi connectivity index (χ0n) is 5.96. The molecule has 0 fully saturated rings. The van der Waals surface area contributed by atoms with Crippen molar-refractivity contribution in [1.29, 1.82) is 0 Å². The average Bonchev–Trinajstić information content (AvgIpc) is 2.34. The van der Waals surface area contributed by atoms with Crippen molar-refractivity contribution in [3.05, 3.63) is 11.6 Å². The maximum atomic E-state index is 4.03. The van der Waals surface area contributed by atoms with Gasteiger partial charge in [-0.15, -0.1) is 10.2 Å². The van der Waals surface area contributed by atoms with E-state index < -0.39 is 0 Å². The smallest absolute Gasteiger partial charge is 0.135 e. The van der Waals surface area contributed by atoms with E-state index in [1.807, 2.05) is 6.92 Å². The monoisotopic (exact) mass is 138 g/mol. The number of rotatable bonds is 0. The molecular formula is C6H10N4. The van der Waals surface area contributed by atoms with E-state index in [2.05, 4.69) is 20.1 Å². The summed E-state index contributed by atoms with van der Waals surface area (Å²) in [5, 5.41) is 11.3. The molecule has 1 aliphatic rings. The van der Waals surface area contributed by atoms with E-state index in [1.54, 1.807) is 0 Å². The van der Waals surface area contributed by atoms with Crippen LogP contribution in [0.4, 0.5) is 0 Å². The molecule has 4 nitrogen and oxygen atoms in total. The molecule has 0 spiro atoms. The molecule has 10 heavy (non-hydrogen) atoms. The first kappa shape index (κ1) is 5.85. The first-order valence-corrected chi connectivity index (χ1v) is 3.47. The van der Waals surface area contributed by atoms with Gasteiger partial charge in [0.15, 0.2) is 0 Å². The normalized spacial score (nSPS) is 16.9. The minimum absolute atomic E-state index is 0.869. The molecular weight excluding hydrogens is 128 g/mol. The zero-order valence-corrected chi connectivity index (χ0v) is 5.96. The fourth-order valence-corrected chi connectivity index (χ4v) is 1.21. The maximum absolute atomic E-state index is 4.03. The third-order valence-corrected chi connectivity index (χ3v) is 1.81. The Balaban J connectivity index is 2.45. The summed E-state index contributed by atoms with van der Waals surface area (Å²) in [5.74, 6) is 2.11. The van der Waals surface area contributed by atoms with Gasteiger partial charge in [-0.3, -0.25) is 5.32 Å². The minimum atomic E-state index is 0.869. The Morgan fingerprint density at radius 3 is 3.20 bits per heavy atom. The molecule has 1 aromatic rings. The van der Waals surface area contributed by atoms with E-state index in [1.165, 1.54) is 0 Å². The van der Waals surface area contributed by atoms with Gasteiger partial charge in [-0.05, 0) is 6.92 Å². The van der Waals surface area contributed by atoms with E-state index in [4.69, 9.17) is 0 Å². The van der Waals surface area contributed by atoms with Crippen LogP contribution in [0.3, 0.4) is 0 Å². The highest BCUT2D eigenvalue weighted by Crippen LogP contribution is 2.03. The van der Waals surface area contributed by atoms with Gasteiger partial charge in [0.05, 0.1) is 6.67 Å². The highest BCUT2D eigenvalue weighted by Gasteiger charge is 2.11. The van der Waals surface area contributed by atoms with Gasteiger partial charge >= 0.3 is 0 Å². The highest BCUT2D eigenvalue weighted by atomic mass is 15.3. The van der Waals surface area contributed by atoms with Crippen LogP contribution in [-0.2, 0) is 13.1 Å². The number of nitrogens with one attached hydrogen (secondary N) is 1. The second-order valence-electron chi connectivity index (χ2n) is 2.50. The minimum Gasteiger partial charge on any atom is -0.302 e. The molecule has 0 aliphatic carbocycles. The first-order chi connectivity index (χ1) is 4.88. The van der Waals surface area contributed by atoms with Gasteiger partial charge < -0.3 is 4.57 Å². The molecule has 0 unspecified atom stereocenters. The molecule has 0 saturated heterocycles. The van der Waals surface area contributed by atoms with Crippen molar-refractivity contribution in [2.45, 2.75) is 20.0 Å². The Morgan fingerprint density at radius 1 is 1.50 bits per heavy atom. The van der Waals surface area contributed by atoms with Crippen molar-refractivity contribution >= 4 is 0 Å². The van der Waals surface area contributed by atoms with Crippen molar-refractivity contribution in [2.75, 3.05) is 6.54 Å². The molecule has 0 radical (unpaired) electrons. The number of aromatic nitrogens is 3. The third-order valence-electron chi connectivity index (χ3n) is 1.81. The van der Waals surface area contributed by atoms with E-state index >= 15 is 0 Å². The summed E-state index contributed by atoms with van der Waals surface area (Å²) >= 11 is 0. The fourth-order valence-electron chi connectivity index (χ4n) is 1.21. The lowest BCUT2D eigenvalue weighted by atomic mass is 10.3. The van der Waals surface area contributed by atoms with Crippen LogP contribution in [0, 0.1) is 6.92 Å². The van der Waals surface area contributed by atoms with Crippen molar-refractivity contribution in [3.63, 3.8) is 0 Å². The SMILES string of the molecule is Cc1nnc2n1CNCC2. The van der Waals surface area contributed by atoms with E-state index in [-0.39, 0.29) is 0 Å². The predicted molar refractivity (Wildman–Crippen MR) is 36.5 cm³/mol. The van der Waals surface area contributed by atoms with Crippen LogP contribution < -0.4 is 5.32 Å². The van der Waals surface area contributed by atoms with E-state index in [9.17, 15) is 0 Å². The zero-order chi connectivity index (χ0) is 6.97. The van der Waals surface area contributed by atoms with Crippen LogP contribution in [0.15, 0.2) is 0 Å². The average molecular weight is 138 g/mol. The van der Waals surface area contributed by atoms with Gasteiger partial charge in [-0.1, -0.05) is 0 Å². The highest BCUT2D eigenvalue weighted by molar-refractivity contribution is 4.96. The Bertz CT molecular complexity index is 240. The summed E-state index contributed by atoms with van der Waals surface area (Å²) in [6.45, 7) is 3.87. The lowest BCUT2D eigenvalue weighted by Gasteiger charge is -2.14. The van der Waals surface area contributed by atoms with E-state index in [0.717, 1.165) is 31.3 Å². The van der Waals surface area contributed by atoms with Gasteiger partial charge in [-0.2, -0.15) is 0 Å². The molecule has 1 N–H and O–H groups in total. The van der Waals surface area contributed by atoms with Crippen molar-refractivity contribution in [2.24, 2.45) is 0 Å². The molecule has 2 rings (SSSR count). The van der Waals surface area contributed by atoms with Crippen molar-refractivity contribution < 1.29 is 0 Å². The molecule has 0 saturated carbocycles. The van der Waals surface area contributed by atoms with Crippen LogP contribution in [0.25, 0.3) is 0 Å².